The Bertz CT molecular complexity index is 841. The Kier molecular flexibility index (Phi) is 6.11. The monoisotopic (exact) mass is 417 g/mol. The van der Waals surface area contributed by atoms with Gasteiger partial charge in [-0.15, -0.1) is 0 Å². The Morgan fingerprint density at radius 2 is 1.66 bits per heavy atom. The van der Waals surface area contributed by atoms with Crippen molar-refractivity contribution in [3.05, 3.63) is 59.1 Å². The summed E-state index contributed by atoms with van der Waals surface area (Å²) in [5, 5.41) is 0.670. The summed E-state index contributed by atoms with van der Waals surface area (Å²) in [6.45, 7) is 9.84. The predicted octanol–water partition coefficient (Wildman–Crippen LogP) is 6.05. The maximum Gasteiger partial charge on any atom is 0.412 e. The Balaban J connectivity index is 1.68. The Morgan fingerprint density at radius 1 is 1.10 bits per heavy atom. The average Bonchev–Trinajstić information content (AvgIpc) is 2.91. The number of hydrogen-bond acceptors (Lipinski definition) is 4. The molecule has 0 aliphatic carbocycles. The fourth-order valence-corrected chi connectivity index (χ4v) is 3.44. The molecule has 6 heteroatoms. The summed E-state index contributed by atoms with van der Waals surface area (Å²) in [5.41, 5.74) is -0.167. The Morgan fingerprint density at radius 3 is 2.21 bits per heavy atom. The number of amides is 1. The average molecular weight is 418 g/mol. The zero-order chi connectivity index (χ0) is 21.2. The molecular weight excluding hydrogens is 390 g/mol. The zero-order valence-electron chi connectivity index (χ0n) is 17.6. The van der Waals surface area contributed by atoms with Gasteiger partial charge in [0.25, 0.3) is 0 Å². The molecular formula is C23H28ClNO4. The standard InChI is InChI=1S/C23H28ClNO4/c1-22(2,3)29-21(26)25-18(15-27-23(25,4)5)14-16-6-10-19(11-7-16)28-20-12-8-17(24)9-13-20/h6-13,18H,14-15H2,1-5H3. The first kappa shape index (κ1) is 21.5. The summed E-state index contributed by atoms with van der Waals surface area (Å²) in [4.78, 5) is 14.5. The van der Waals surface area contributed by atoms with Gasteiger partial charge in [0.05, 0.1) is 12.6 Å². The third kappa shape index (κ3) is 5.64. The molecule has 1 fully saturated rings. The number of halogens is 1. The summed E-state index contributed by atoms with van der Waals surface area (Å²) in [6.07, 6.45) is 0.317. The molecule has 156 valence electrons. The van der Waals surface area contributed by atoms with Gasteiger partial charge in [0.1, 0.15) is 22.8 Å². The number of nitrogens with zero attached hydrogens (tertiary/aromatic N) is 1. The van der Waals surface area contributed by atoms with Crippen LogP contribution < -0.4 is 4.74 Å². The third-order valence-electron chi connectivity index (χ3n) is 4.61. The lowest BCUT2D eigenvalue weighted by Gasteiger charge is -2.35. The van der Waals surface area contributed by atoms with Gasteiger partial charge in [-0.25, -0.2) is 4.79 Å². The van der Waals surface area contributed by atoms with Crippen molar-refractivity contribution in [3.63, 3.8) is 0 Å². The van der Waals surface area contributed by atoms with Gasteiger partial charge in [-0.1, -0.05) is 23.7 Å². The topological polar surface area (TPSA) is 48.0 Å². The first-order chi connectivity index (χ1) is 13.5. The summed E-state index contributed by atoms with van der Waals surface area (Å²) >= 11 is 5.90. The van der Waals surface area contributed by atoms with Crippen molar-refractivity contribution in [3.8, 4) is 11.5 Å². The van der Waals surface area contributed by atoms with Crippen LogP contribution in [0, 0.1) is 0 Å². The number of rotatable bonds is 4. The number of ether oxygens (including phenoxy) is 3. The van der Waals surface area contributed by atoms with E-state index >= 15 is 0 Å². The second-order valence-electron chi connectivity index (χ2n) is 8.67. The number of carbonyl (C=O) groups is 1. The second kappa shape index (κ2) is 8.25. The van der Waals surface area contributed by atoms with Crippen molar-refractivity contribution in [2.24, 2.45) is 0 Å². The quantitative estimate of drug-likeness (QED) is 0.607. The summed E-state index contributed by atoms with van der Waals surface area (Å²) < 4.78 is 17.3. The minimum Gasteiger partial charge on any atom is -0.457 e. The molecule has 0 aromatic heterocycles. The van der Waals surface area contributed by atoms with Gasteiger partial charge in [0, 0.05) is 5.02 Å². The lowest BCUT2D eigenvalue weighted by atomic mass is 10.0. The van der Waals surface area contributed by atoms with Crippen molar-refractivity contribution in [2.75, 3.05) is 6.61 Å². The molecule has 0 spiro atoms. The molecule has 1 aliphatic heterocycles. The van der Waals surface area contributed by atoms with Crippen LogP contribution in [0.4, 0.5) is 4.79 Å². The van der Waals surface area contributed by atoms with E-state index in [2.05, 4.69) is 0 Å². The molecule has 1 aliphatic rings. The number of hydrogen-bond donors (Lipinski definition) is 0. The van der Waals surface area contributed by atoms with E-state index < -0.39 is 11.3 Å². The summed E-state index contributed by atoms with van der Waals surface area (Å²) in [5.74, 6) is 1.47. The van der Waals surface area contributed by atoms with Crippen LogP contribution in [0.25, 0.3) is 0 Å². The highest BCUT2D eigenvalue weighted by Crippen LogP contribution is 2.31. The number of carbonyl (C=O) groups excluding carboxylic acids is 1. The van der Waals surface area contributed by atoms with Gasteiger partial charge in [0.15, 0.2) is 0 Å². The van der Waals surface area contributed by atoms with E-state index in [-0.39, 0.29) is 12.1 Å². The van der Waals surface area contributed by atoms with E-state index in [0.717, 1.165) is 17.1 Å². The van der Waals surface area contributed by atoms with E-state index in [4.69, 9.17) is 25.8 Å². The van der Waals surface area contributed by atoms with E-state index in [1.54, 1.807) is 17.0 Å². The molecule has 2 aromatic carbocycles. The van der Waals surface area contributed by atoms with Gasteiger partial charge < -0.3 is 14.2 Å². The highest BCUT2D eigenvalue weighted by molar-refractivity contribution is 6.30. The van der Waals surface area contributed by atoms with Crippen molar-refractivity contribution < 1.29 is 19.0 Å². The highest BCUT2D eigenvalue weighted by Gasteiger charge is 2.45. The molecule has 2 aromatic rings. The predicted molar refractivity (Wildman–Crippen MR) is 114 cm³/mol. The molecule has 1 amide bonds. The SMILES string of the molecule is CC(C)(C)OC(=O)N1C(Cc2ccc(Oc3ccc(Cl)cc3)cc2)COC1(C)C. The Labute approximate surface area is 177 Å². The summed E-state index contributed by atoms with van der Waals surface area (Å²) in [7, 11) is 0. The molecule has 1 saturated heterocycles. The van der Waals surface area contributed by atoms with Crippen molar-refractivity contribution >= 4 is 17.7 Å². The maximum atomic E-state index is 12.8. The van der Waals surface area contributed by atoms with Crippen molar-refractivity contribution in [1.29, 1.82) is 0 Å². The minimum absolute atomic E-state index is 0.0946. The van der Waals surface area contributed by atoms with Gasteiger partial charge in [-0.2, -0.15) is 0 Å². The fraction of sp³-hybridized carbons (Fsp3) is 0.435. The normalized spacial score (nSPS) is 18.6. The van der Waals surface area contributed by atoms with Gasteiger partial charge in [-0.3, -0.25) is 4.90 Å². The fourth-order valence-electron chi connectivity index (χ4n) is 3.32. The first-order valence-corrected chi connectivity index (χ1v) is 10.1. The second-order valence-corrected chi connectivity index (χ2v) is 9.10. The van der Waals surface area contributed by atoms with Crippen LogP contribution in [-0.4, -0.2) is 35.0 Å². The van der Waals surface area contributed by atoms with Gasteiger partial charge in [-0.05, 0) is 83.0 Å². The lowest BCUT2D eigenvalue weighted by molar-refractivity contribution is -0.0624. The molecule has 0 radical (unpaired) electrons. The lowest BCUT2D eigenvalue weighted by Crippen LogP contribution is -2.50. The van der Waals surface area contributed by atoms with E-state index in [9.17, 15) is 4.79 Å². The molecule has 0 saturated carbocycles. The summed E-state index contributed by atoms with van der Waals surface area (Å²) in [6, 6.07) is 15.0. The molecule has 1 heterocycles. The smallest absolute Gasteiger partial charge is 0.412 e. The zero-order valence-corrected chi connectivity index (χ0v) is 18.3. The minimum atomic E-state index is -0.704. The van der Waals surface area contributed by atoms with Crippen LogP contribution in [0.5, 0.6) is 11.5 Å². The van der Waals surface area contributed by atoms with Crippen molar-refractivity contribution in [2.45, 2.75) is 58.4 Å². The van der Waals surface area contributed by atoms with E-state index in [0.29, 0.717) is 18.1 Å². The largest absolute Gasteiger partial charge is 0.457 e. The molecule has 29 heavy (non-hydrogen) atoms. The van der Waals surface area contributed by atoms with Crippen LogP contribution >= 0.6 is 11.6 Å². The molecule has 1 unspecified atom stereocenters. The molecule has 0 bridgehead atoms. The molecule has 0 N–H and O–H groups in total. The maximum absolute atomic E-state index is 12.8. The van der Waals surface area contributed by atoms with Crippen molar-refractivity contribution in [1.82, 2.24) is 4.90 Å². The molecule has 5 nitrogen and oxygen atoms in total. The molecule has 1 atom stereocenters. The number of benzene rings is 2. The highest BCUT2D eigenvalue weighted by atomic mass is 35.5. The van der Waals surface area contributed by atoms with Crippen LogP contribution in [0.3, 0.4) is 0 Å². The van der Waals surface area contributed by atoms with Crippen LogP contribution in [0.2, 0.25) is 5.02 Å². The van der Waals surface area contributed by atoms with E-state index in [1.807, 2.05) is 71.0 Å². The van der Waals surface area contributed by atoms with Gasteiger partial charge in [0.2, 0.25) is 0 Å². The Hall–Kier alpha value is -2.24. The third-order valence-corrected chi connectivity index (χ3v) is 4.86. The van der Waals surface area contributed by atoms with Gasteiger partial charge >= 0.3 is 6.09 Å². The molecule has 3 rings (SSSR count). The first-order valence-electron chi connectivity index (χ1n) is 9.72. The van der Waals surface area contributed by atoms with Crippen LogP contribution in [-0.2, 0) is 15.9 Å². The van der Waals surface area contributed by atoms with Crippen LogP contribution in [0.15, 0.2) is 48.5 Å². The van der Waals surface area contributed by atoms with Crippen LogP contribution in [0.1, 0.15) is 40.2 Å². The van der Waals surface area contributed by atoms with E-state index in [1.165, 1.54) is 0 Å².